The van der Waals surface area contributed by atoms with Crippen LogP contribution < -0.4 is 10.5 Å². The maximum atomic E-state index is 5.99. The van der Waals surface area contributed by atoms with Crippen LogP contribution in [0.15, 0.2) is 18.2 Å². The lowest BCUT2D eigenvalue weighted by Crippen LogP contribution is -2.03. The Labute approximate surface area is 107 Å². The van der Waals surface area contributed by atoms with Gasteiger partial charge in [-0.25, -0.2) is 4.98 Å². The number of nitrogens with zero attached hydrogens (tertiary/aromatic N) is 2. The summed E-state index contributed by atoms with van der Waals surface area (Å²) in [5, 5.41) is 0. The van der Waals surface area contributed by atoms with Gasteiger partial charge in [0.2, 0.25) is 5.95 Å². The van der Waals surface area contributed by atoms with Crippen LogP contribution in [0.25, 0.3) is 11.0 Å². The van der Waals surface area contributed by atoms with E-state index in [1.165, 1.54) is 25.7 Å². The molecule has 0 amide bonds. The third kappa shape index (κ3) is 2.15. The molecule has 4 heteroatoms. The van der Waals surface area contributed by atoms with Crippen LogP contribution in [0.1, 0.15) is 25.7 Å². The van der Waals surface area contributed by atoms with Crippen LogP contribution in [-0.4, -0.2) is 16.7 Å². The zero-order chi connectivity index (χ0) is 12.5. The number of nitrogen functional groups attached to an aromatic ring is 1. The Kier molecular flexibility index (Phi) is 2.86. The number of hydrogen-bond donors (Lipinski definition) is 1. The van der Waals surface area contributed by atoms with Crippen molar-refractivity contribution in [3.05, 3.63) is 18.2 Å². The predicted octanol–water partition coefficient (Wildman–Crippen LogP) is 2.82. The molecule has 0 atom stereocenters. The highest BCUT2D eigenvalue weighted by atomic mass is 16.5. The van der Waals surface area contributed by atoms with Gasteiger partial charge in [-0.2, -0.15) is 0 Å². The summed E-state index contributed by atoms with van der Waals surface area (Å²) in [5.41, 5.74) is 8.00. The molecule has 96 valence electrons. The maximum absolute atomic E-state index is 5.99. The summed E-state index contributed by atoms with van der Waals surface area (Å²) in [5.74, 6) is 2.43. The van der Waals surface area contributed by atoms with Gasteiger partial charge in [0.05, 0.1) is 18.1 Å². The molecule has 1 fully saturated rings. The largest absolute Gasteiger partial charge is 0.497 e. The van der Waals surface area contributed by atoms with Gasteiger partial charge in [-0.05, 0) is 30.9 Å². The van der Waals surface area contributed by atoms with Gasteiger partial charge in [0.15, 0.2) is 0 Å². The minimum atomic E-state index is 0.606. The van der Waals surface area contributed by atoms with E-state index in [4.69, 9.17) is 10.5 Å². The summed E-state index contributed by atoms with van der Waals surface area (Å²) >= 11 is 0. The molecule has 1 aliphatic rings. The number of benzene rings is 1. The molecule has 2 N–H and O–H groups in total. The highest BCUT2D eigenvalue weighted by Crippen LogP contribution is 2.34. The molecule has 2 aromatic rings. The number of rotatable bonds is 5. The van der Waals surface area contributed by atoms with Crippen LogP contribution in [0.3, 0.4) is 0 Å². The van der Waals surface area contributed by atoms with Gasteiger partial charge in [-0.3, -0.25) is 0 Å². The van der Waals surface area contributed by atoms with Crippen LogP contribution in [-0.2, 0) is 6.54 Å². The van der Waals surface area contributed by atoms with E-state index in [-0.39, 0.29) is 0 Å². The Morgan fingerprint density at radius 1 is 1.44 bits per heavy atom. The molecule has 1 saturated carbocycles. The van der Waals surface area contributed by atoms with Crippen LogP contribution in [0.2, 0.25) is 0 Å². The van der Waals surface area contributed by atoms with Gasteiger partial charge in [-0.15, -0.1) is 0 Å². The van der Waals surface area contributed by atoms with Crippen LogP contribution in [0, 0.1) is 5.92 Å². The predicted molar refractivity (Wildman–Crippen MR) is 72.7 cm³/mol. The molecule has 1 aromatic heterocycles. The van der Waals surface area contributed by atoms with E-state index < -0.39 is 0 Å². The van der Waals surface area contributed by atoms with Gasteiger partial charge in [0, 0.05) is 12.6 Å². The molecule has 0 radical (unpaired) electrons. The zero-order valence-electron chi connectivity index (χ0n) is 10.7. The molecule has 0 unspecified atom stereocenters. The number of hydrogen-bond acceptors (Lipinski definition) is 3. The first-order chi connectivity index (χ1) is 8.78. The fourth-order valence-corrected chi connectivity index (χ4v) is 2.43. The Bertz CT molecular complexity index is 557. The minimum Gasteiger partial charge on any atom is -0.497 e. The zero-order valence-corrected chi connectivity index (χ0v) is 10.7. The fraction of sp³-hybridized carbons (Fsp3) is 0.500. The summed E-state index contributed by atoms with van der Waals surface area (Å²) in [6, 6.07) is 5.89. The second-order valence-electron chi connectivity index (χ2n) is 5.06. The summed E-state index contributed by atoms with van der Waals surface area (Å²) in [6.45, 7) is 0.950. The van der Waals surface area contributed by atoms with Crippen molar-refractivity contribution in [2.45, 2.75) is 32.2 Å². The average molecular weight is 245 g/mol. The first-order valence-corrected chi connectivity index (χ1v) is 6.57. The number of methoxy groups -OCH3 is 1. The molecule has 0 bridgehead atoms. The van der Waals surface area contributed by atoms with Crippen molar-refractivity contribution < 1.29 is 4.74 Å². The van der Waals surface area contributed by atoms with E-state index >= 15 is 0 Å². The molecule has 1 heterocycles. The van der Waals surface area contributed by atoms with E-state index in [1.807, 2.05) is 18.2 Å². The van der Waals surface area contributed by atoms with E-state index in [0.717, 1.165) is 29.2 Å². The van der Waals surface area contributed by atoms with E-state index in [9.17, 15) is 0 Å². The topological polar surface area (TPSA) is 53.1 Å². The first kappa shape index (κ1) is 11.4. The summed E-state index contributed by atoms with van der Waals surface area (Å²) in [6.07, 6.45) is 5.31. The normalized spacial score (nSPS) is 15.2. The van der Waals surface area contributed by atoms with E-state index in [2.05, 4.69) is 9.55 Å². The second-order valence-corrected chi connectivity index (χ2v) is 5.06. The SMILES string of the molecule is COc1ccc2nc(N)n(CCCC3CC3)c2c1. The quantitative estimate of drug-likeness (QED) is 0.881. The number of imidazole rings is 1. The van der Waals surface area contributed by atoms with Gasteiger partial charge >= 0.3 is 0 Å². The maximum Gasteiger partial charge on any atom is 0.201 e. The van der Waals surface area contributed by atoms with Gasteiger partial charge < -0.3 is 15.0 Å². The molecule has 0 aliphatic heterocycles. The van der Waals surface area contributed by atoms with Crippen LogP contribution in [0.4, 0.5) is 5.95 Å². The number of anilines is 1. The Morgan fingerprint density at radius 2 is 2.28 bits per heavy atom. The van der Waals surface area contributed by atoms with Gasteiger partial charge in [0.25, 0.3) is 0 Å². The van der Waals surface area contributed by atoms with Crippen molar-refractivity contribution in [3.8, 4) is 5.75 Å². The smallest absolute Gasteiger partial charge is 0.201 e. The highest BCUT2D eigenvalue weighted by molar-refractivity contribution is 5.79. The average Bonchev–Trinajstić information content (AvgIpc) is 3.14. The summed E-state index contributed by atoms with van der Waals surface area (Å²) < 4.78 is 7.35. The van der Waals surface area contributed by atoms with Crippen molar-refractivity contribution >= 4 is 17.0 Å². The third-order valence-corrected chi connectivity index (χ3v) is 3.68. The molecule has 1 aromatic carbocycles. The summed E-state index contributed by atoms with van der Waals surface area (Å²) in [4.78, 5) is 4.39. The van der Waals surface area contributed by atoms with E-state index in [0.29, 0.717) is 5.95 Å². The molecule has 0 saturated heterocycles. The number of ether oxygens (including phenoxy) is 1. The molecule has 18 heavy (non-hydrogen) atoms. The molecule has 4 nitrogen and oxygen atoms in total. The standard InChI is InChI=1S/C14H19N3O/c1-18-11-6-7-12-13(9-11)17(14(15)16-12)8-2-3-10-4-5-10/h6-7,9-10H,2-5,8H2,1H3,(H2,15,16). The Morgan fingerprint density at radius 3 is 3.00 bits per heavy atom. The summed E-state index contributed by atoms with van der Waals surface area (Å²) in [7, 11) is 1.68. The second kappa shape index (κ2) is 4.52. The number of nitrogens with two attached hydrogens (primary N) is 1. The molecular formula is C14H19N3O. The Hall–Kier alpha value is -1.71. The lowest BCUT2D eigenvalue weighted by Gasteiger charge is -2.06. The van der Waals surface area contributed by atoms with Gasteiger partial charge in [0.1, 0.15) is 5.75 Å². The fourth-order valence-electron chi connectivity index (χ4n) is 2.43. The number of aromatic nitrogens is 2. The molecule has 3 rings (SSSR count). The van der Waals surface area contributed by atoms with Crippen molar-refractivity contribution in [1.29, 1.82) is 0 Å². The van der Waals surface area contributed by atoms with Crippen LogP contribution >= 0.6 is 0 Å². The highest BCUT2D eigenvalue weighted by Gasteiger charge is 2.20. The lowest BCUT2D eigenvalue weighted by molar-refractivity contribution is 0.415. The van der Waals surface area contributed by atoms with Crippen LogP contribution in [0.5, 0.6) is 5.75 Å². The van der Waals surface area contributed by atoms with Crippen molar-refractivity contribution in [2.75, 3.05) is 12.8 Å². The molecule has 1 aliphatic carbocycles. The lowest BCUT2D eigenvalue weighted by atomic mass is 10.2. The van der Waals surface area contributed by atoms with Gasteiger partial charge in [-0.1, -0.05) is 12.8 Å². The monoisotopic (exact) mass is 245 g/mol. The first-order valence-electron chi connectivity index (χ1n) is 6.57. The number of aryl methyl sites for hydroxylation is 1. The van der Waals surface area contributed by atoms with Crippen molar-refractivity contribution in [2.24, 2.45) is 5.92 Å². The molecular weight excluding hydrogens is 226 g/mol. The third-order valence-electron chi connectivity index (χ3n) is 3.68. The van der Waals surface area contributed by atoms with E-state index in [1.54, 1.807) is 7.11 Å². The number of fused-ring (bicyclic) bond motifs is 1. The van der Waals surface area contributed by atoms with Crippen molar-refractivity contribution in [1.82, 2.24) is 9.55 Å². The Balaban J connectivity index is 1.85. The van der Waals surface area contributed by atoms with Crippen molar-refractivity contribution in [3.63, 3.8) is 0 Å². The molecule has 0 spiro atoms. The minimum absolute atomic E-state index is 0.606.